The molecular weight excluding hydrogens is 655 g/mol. The minimum Gasteiger partial charge on any atom is -0.396 e. The summed E-state index contributed by atoms with van der Waals surface area (Å²) in [5.41, 5.74) is -0.634. The molecule has 1 fully saturated rings. The van der Waals surface area contributed by atoms with E-state index < -0.39 is 5.41 Å². The molecule has 0 bridgehead atoms. The first-order chi connectivity index (χ1) is 26.2. The summed E-state index contributed by atoms with van der Waals surface area (Å²) in [6.07, 6.45) is 51.1. The van der Waals surface area contributed by atoms with Gasteiger partial charge in [0.25, 0.3) is 0 Å². The van der Waals surface area contributed by atoms with E-state index in [0.717, 1.165) is 38.6 Å². The van der Waals surface area contributed by atoms with Gasteiger partial charge in [-0.1, -0.05) is 140 Å². The van der Waals surface area contributed by atoms with Crippen LogP contribution in [0.4, 0.5) is 0 Å². The number of hydrogen-bond donors (Lipinski definition) is 1. The molecule has 0 spiro atoms. The maximum Gasteiger partial charge on any atom is 0.133 e. The van der Waals surface area contributed by atoms with Gasteiger partial charge in [0, 0.05) is 31.5 Å². The molecule has 1 aliphatic heterocycles. The maximum atomic E-state index is 13.0. The van der Waals surface area contributed by atoms with Crippen molar-refractivity contribution in [1.29, 1.82) is 0 Å². The molecule has 0 aromatic carbocycles. The smallest absolute Gasteiger partial charge is 0.133 e. The molecule has 0 unspecified atom stereocenters. The van der Waals surface area contributed by atoms with Crippen LogP contribution in [-0.2, 0) is 14.3 Å². The van der Waals surface area contributed by atoms with Crippen LogP contribution in [0, 0.1) is 5.41 Å². The molecule has 1 saturated heterocycles. The van der Waals surface area contributed by atoms with Gasteiger partial charge in [0.2, 0.25) is 0 Å². The van der Waals surface area contributed by atoms with E-state index in [2.05, 4.69) is 67.4 Å². The fourth-order valence-electron chi connectivity index (χ4n) is 6.86. The summed E-state index contributed by atoms with van der Waals surface area (Å²) in [6, 6.07) is 0. The van der Waals surface area contributed by atoms with Crippen LogP contribution in [-0.4, -0.2) is 68.5 Å². The van der Waals surface area contributed by atoms with Crippen LogP contribution in [0.5, 0.6) is 0 Å². The van der Waals surface area contributed by atoms with E-state index in [1.165, 1.54) is 148 Å². The highest BCUT2D eigenvalue weighted by atomic mass is 16.5. The van der Waals surface area contributed by atoms with E-state index in [0.29, 0.717) is 39.3 Å². The minimum absolute atomic E-state index is 0.0712. The number of carbonyl (C=O) groups is 1. The van der Waals surface area contributed by atoms with Crippen LogP contribution in [0.15, 0.2) is 48.6 Å². The number of aliphatic hydroxyl groups excluding tert-OH is 1. The van der Waals surface area contributed by atoms with E-state index in [-0.39, 0.29) is 12.4 Å². The van der Waals surface area contributed by atoms with Crippen molar-refractivity contribution >= 4 is 5.78 Å². The monoisotopic (exact) mass is 742 g/mol. The summed E-state index contributed by atoms with van der Waals surface area (Å²) in [5, 5.41) is 10.5. The van der Waals surface area contributed by atoms with E-state index in [9.17, 15) is 9.90 Å². The number of aliphatic hydroxyl groups is 1. The fraction of sp³-hybridized carbons (Fsp3) is 0.812. The highest BCUT2D eigenvalue weighted by Crippen LogP contribution is 2.26. The summed E-state index contributed by atoms with van der Waals surface area (Å²) in [6.45, 7) is 9.94. The highest BCUT2D eigenvalue weighted by Gasteiger charge is 2.33. The average Bonchev–Trinajstić information content (AvgIpc) is 3.14. The molecule has 0 atom stereocenters. The quantitative estimate of drug-likeness (QED) is 0.0499. The summed E-state index contributed by atoms with van der Waals surface area (Å²) in [7, 11) is 0. The number of nitrogens with zero attached hydrogens (tertiary/aromatic N) is 1. The second-order valence-electron chi connectivity index (χ2n) is 15.9. The van der Waals surface area contributed by atoms with E-state index >= 15 is 0 Å². The molecule has 0 amide bonds. The van der Waals surface area contributed by atoms with Crippen molar-refractivity contribution in [3.63, 3.8) is 0 Å². The number of Topliss-reactive ketones (excluding diaryl/α,β-unsaturated/α-hetero) is 1. The topological polar surface area (TPSA) is 59.0 Å². The van der Waals surface area contributed by atoms with Gasteiger partial charge in [-0.3, -0.25) is 4.79 Å². The summed E-state index contributed by atoms with van der Waals surface area (Å²) < 4.78 is 12.3. The van der Waals surface area contributed by atoms with Gasteiger partial charge in [-0.2, -0.15) is 0 Å². The zero-order valence-corrected chi connectivity index (χ0v) is 35.2. The van der Waals surface area contributed by atoms with Crippen molar-refractivity contribution in [2.75, 3.05) is 52.7 Å². The van der Waals surface area contributed by atoms with E-state index in [1.54, 1.807) is 0 Å². The largest absolute Gasteiger partial charge is 0.396 e. The molecule has 0 aromatic heterocycles. The zero-order valence-electron chi connectivity index (χ0n) is 35.2. The lowest BCUT2D eigenvalue weighted by molar-refractivity contribution is -0.127. The number of allylic oxidation sites excluding steroid dienone is 8. The van der Waals surface area contributed by atoms with Gasteiger partial charge >= 0.3 is 0 Å². The van der Waals surface area contributed by atoms with Gasteiger partial charge in [0.15, 0.2) is 0 Å². The van der Waals surface area contributed by atoms with Gasteiger partial charge in [-0.25, -0.2) is 0 Å². The molecule has 53 heavy (non-hydrogen) atoms. The Morgan fingerprint density at radius 2 is 0.981 bits per heavy atom. The SMILES string of the molecule is CCCCC/C=C\C/C=C\CCCCCCCCOCC(CO)(COCCCCCCCC/C=C\C/C=C\CCCCC)CC(=O)CCCN1CCC1. The predicted octanol–water partition coefficient (Wildman–Crippen LogP) is 13.1. The second-order valence-corrected chi connectivity index (χ2v) is 15.9. The fourth-order valence-corrected chi connectivity index (χ4v) is 6.86. The van der Waals surface area contributed by atoms with E-state index in [1.807, 2.05) is 0 Å². The van der Waals surface area contributed by atoms with Gasteiger partial charge in [0.05, 0.1) is 19.8 Å². The number of rotatable bonds is 41. The number of ether oxygens (including phenoxy) is 2. The number of hydrogen-bond acceptors (Lipinski definition) is 5. The molecule has 308 valence electrons. The Balaban J connectivity index is 2.21. The Kier molecular flexibility index (Phi) is 36.2. The summed E-state index contributed by atoms with van der Waals surface area (Å²) in [5.74, 6) is 0.231. The average molecular weight is 742 g/mol. The Bertz CT molecular complexity index is 853. The van der Waals surface area contributed by atoms with Crippen molar-refractivity contribution in [3.8, 4) is 0 Å². The number of unbranched alkanes of at least 4 members (excludes halogenated alkanes) is 18. The van der Waals surface area contributed by atoms with Crippen LogP contribution in [0.3, 0.4) is 0 Å². The maximum absolute atomic E-state index is 13.0. The molecule has 0 aromatic rings. The first-order valence-electron chi connectivity index (χ1n) is 22.8. The summed E-state index contributed by atoms with van der Waals surface area (Å²) in [4.78, 5) is 15.4. The lowest BCUT2D eigenvalue weighted by Gasteiger charge is -2.32. The normalized spacial score (nSPS) is 14.2. The number of carbonyl (C=O) groups excluding carboxylic acids is 1. The van der Waals surface area contributed by atoms with Crippen LogP contribution in [0.25, 0.3) is 0 Å². The molecular formula is C48H87NO4. The van der Waals surface area contributed by atoms with Crippen molar-refractivity contribution in [3.05, 3.63) is 48.6 Å². The molecule has 1 heterocycles. The first-order valence-corrected chi connectivity index (χ1v) is 22.8. The molecule has 0 radical (unpaired) electrons. The molecule has 1 rings (SSSR count). The van der Waals surface area contributed by atoms with Crippen LogP contribution in [0.1, 0.15) is 194 Å². The van der Waals surface area contributed by atoms with Gasteiger partial charge < -0.3 is 19.5 Å². The second kappa shape index (κ2) is 38.7. The Hall–Kier alpha value is -1.53. The van der Waals surface area contributed by atoms with Crippen LogP contribution < -0.4 is 0 Å². The molecule has 0 aliphatic carbocycles. The van der Waals surface area contributed by atoms with Crippen molar-refractivity contribution in [1.82, 2.24) is 4.90 Å². The predicted molar refractivity (Wildman–Crippen MR) is 230 cm³/mol. The molecule has 5 heteroatoms. The Morgan fingerprint density at radius 1 is 0.566 bits per heavy atom. The first kappa shape index (κ1) is 49.5. The number of likely N-dealkylation sites (tertiary alicyclic amines) is 1. The van der Waals surface area contributed by atoms with Crippen molar-refractivity contribution < 1.29 is 19.4 Å². The van der Waals surface area contributed by atoms with E-state index in [4.69, 9.17) is 9.47 Å². The highest BCUT2D eigenvalue weighted by molar-refractivity contribution is 5.79. The van der Waals surface area contributed by atoms with Crippen LogP contribution >= 0.6 is 0 Å². The molecule has 0 saturated carbocycles. The third-order valence-electron chi connectivity index (χ3n) is 10.6. The molecule has 1 aliphatic rings. The van der Waals surface area contributed by atoms with Crippen LogP contribution in [0.2, 0.25) is 0 Å². The lowest BCUT2D eigenvalue weighted by Crippen LogP contribution is -2.39. The standard InChI is InChI=1S/C48H87NO4/c1-3-5-7-9-11-13-15-17-19-21-23-25-27-29-31-33-41-52-45-48(44-50,43-47(51)37-35-38-49-39-36-40-49)46-53-42-34-32-30-28-26-24-22-20-18-16-14-12-10-8-6-4-2/h11-14,17-20,50H,3-10,15-16,21-46H2,1-2H3/b13-11-,14-12-,19-17-,20-18-. The molecule has 1 N–H and O–H groups in total. The minimum atomic E-state index is -0.634. The van der Waals surface area contributed by atoms with Gasteiger partial charge in [-0.15, -0.1) is 0 Å². The third-order valence-corrected chi connectivity index (χ3v) is 10.6. The van der Waals surface area contributed by atoms with Crippen molar-refractivity contribution in [2.45, 2.75) is 194 Å². The van der Waals surface area contributed by atoms with Gasteiger partial charge in [0.1, 0.15) is 5.78 Å². The Labute approximate surface area is 329 Å². The third kappa shape index (κ3) is 32.4. The molecule has 5 nitrogen and oxygen atoms in total. The van der Waals surface area contributed by atoms with Crippen molar-refractivity contribution in [2.24, 2.45) is 5.41 Å². The summed E-state index contributed by atoms with van der Waals surface area (Å²) >= 11 is 0. The number of ketones is 1. The zero-order chi connectivity index (χ0) is 38.2. The van der Waals surface area contributed by atoms with Gasteiger partial charge in [-0.05, 0) is 110 Å². The lowest BCUT2D eigenvalue weighted by atomic mass is 9.84. The Morgan fingerprint density at radius 3 is 1.38 bits per heavy atom.